The molecule has 5 heteroatoms. The molecule has 4 rings (SSSR count). The summed E-state index contributed by atoms with van der Waals surface area (Å²) in [7, 11) is 0. The second-order valence-corrected chi connectivity index (χ2v) is 9.16. The molecule has 0 aliphatic rings. The van der Waals surface area contributed by atoms with Gasteiger partial charge in [-0.15, -0.1) is 0 Å². The van der Waals surface area contributed by atoms with Gasteiger partial charge in [0, 0.05) is 47.6 Å². The van der Waals surface area contributed by atoms with Gasteiger partial charge in [-0.3, -0.25) is 4.79 Å². The third kappa shape index (κ3) is 5.87. The number of benzene rings is 3. The number of carbonyl (C=O) groups is 1. The van der Waals surface area contributed by atoms with Crippen molar-refractivity contribution in [3.05, 3.63) is 107 Å². The van der Waals surface area contributed by atoms with E-state index in [1.807, 2.05) is 48.5 Å². The summed E-state index contributed by atoms with van der Waals surface area (Å²) in [6.45, 7) is 3.46. The van der Waals surface area contributed by atoms with Crippen molar-refractivity contribution in [1.82, 2.24) is 9.88 Å². The molecule has 4 aromatic rings. The van der Waals surface area contributed by atoms with E-state index in [-0.39, 0.29) is 17.6 Å². The van der Waals surface area contributed by atoms with Gasteiger partial charge in [-0.1, -0.05) is 73.8 Å². The fourth-order valence-corrected chi connectivity index (χ4v) is 4.66. The van der Waals surface area contributed by atoms with Crippen molar-refractivity contribution in [2.24, 2.45) is 0 Å². The van der Waals surface area contributed by atoms with Gasteiger partial charge in [-0.25, -0.2) is 4.39 Å². The standard InChI is InChI=1S/C29H30ClFN2O/c1-2-3-6-16-32-29(34)18-26(22-8-7-9-23(30)17-22)27-20-33(28-11-5-4-10-25(27)28)19-21-12-14-24(31)15-13-21/h4-5,7-15,17,20,26H,2-3,6,16,18-19H2,1H3,(H,32,34). The molecule has 0 radical (unpaired) electrons. The highest BCUT2D eigenvalue weighted by molar-refractivity contribution is 6.30. The third-order valence-corrected chi connectivity index (χ3v) is 6.44. The van der Waals surface area contributed by atoms with Gasteiger partial charge in [0.25, 0.3) is 0 Å². The first kappa shape index (κ1) is 24.0. The third-order valence-electron chi connectivity index (χ3n) is 6.20. The van der Waals surface area contributed by atoms with Crippen molar-refractivity contribution >= 4 is 28.4 Å². The number of nitrogens with zero attached hydrogens (tertiary/aromatic N) is 1. The quantitative estimate of drug-likeness (QED) is 0.239. The van der Waals surface area contributed by atoms with Crippen molar-refractivity contribution in [2.75, 3.05) is 6.54 Å². The molecule has 1 heterocycles. The highest BCUT2D eigenvalue weighted by Crippen LogP contribution is 2.36. The normalized spacial score (nSPS) is 12.1. The first-order valence-corrected chi connectivity index (χ1v) is 12.3. The zero-order valence-corrected chi connectivity index (χ0v) is 20.2. The number of hydrogen-bond acceptors (Lipinski definition) is 1. The average molecular weight is 477 g/mol. The molecule has 0 saturated carbocycles. The summed E-state index contributed by atoms with van der Waals surface area (Å²) in [6, 6.07) is 22.6. The molecular formula is C29H30ClFN2O. The average Bonchev–Trinajstić information content (AvgIpc) is 3.20. The smallest absolute Gasteiger partial charge is 0.220 e. The predicted molar refractivity (Wildman–Crippen MR) is 138 cm³/mol. The zero-order valence-electron chi connectivity index (χ0n) is 19.4. The molecular weight excluding hydrogens is 447 g/mol. The maximum absolute atomic E-state index is 13.4. The zero-order chi connectivity index (χ0) is 23.9. The summed E-state index contributed by atoms with van der Waals surface area (Å²) in [4.78, 5) is 12.9. The van der Waals surface area contributed by atoms with Crippen molar-refractivity contribution in [1.29, 1.82) is 0 Å². The molecule has 3 nitrogen and oxygen atoms in total. The van der Waals surface area contributed by atoms with Crippen molar-refractivity contribution in [2.45, 2.75) is 45.1 Å². The SMILES string of the molecule is CCCCCNC(=O)CC(c1cccc(Cl)c1)c1cn(Cc2ccc(F)cc2)c2ccccc12. The van der Waals surface area contributed by atoms with Gasteiger partial charge in [-0.05, 0) is 53.4 Å². The molecule has 0 bridgehead atoms. The molecule has 0 saturated heterocycles. The number of para-hydroxylation sites is 1. The topological polar surface area (TPSA) is 34.0 Å². The lowest BCUT2D eigenvalue weighted by atomic mass is 9.88. The van der Waals surface area contributed by atoms with E-state index < -0.39 is 0 Å². The fraction of sp³-hybridized carbons (Fsp3) is 0.276. The Labute approximate surface area is 205 Å². The molecule has 1 N–H and O–H groups in total. The Kier molecular flexibility index (Phi) is 8.02. The van der Waals surface area contributed by atoms with Crippen LogP contribution in [0.1, 0.15) is 55.2 Å². The van der Waals surface area contributed by atoms with Crippen LogP contribution in [0.5, 0.6) is 0 Å². The van der Waals surface area contributed by atoms with Gasteiger partial charge in [0.1, 0.15) is 5.82 Å². The molecule has 3 aromatic carbocycles. The molecule has 0 aliphatic heterocycles. The summed E-state index contributed by atoms with van der Waals surface area (Å²) >= 11 is 6.34. The van der Waals surface area contributed by atoms with Crippen LogP contribution in [-0.2, 0) is 11.3 Å². The molecule has 0 spiro atoms. The van der Waals surface area contributed by atoms with Gasteiger partial charge in [0.05, 0.1) is 0 Å². The van der Waals surface area contributed by atoms with Crippen LogP contribution in [0.2, 0.25) is 5.02 Å². The van der Waals surface area contributed by atoms with Crippen LogP contribution in [0.3, 0.4) is 0 Å². The van der Waals surface area contributed by atoms with Gasteiger partial charge >= 0.3 is 0 Å². The Morgan fingerprint density at radius 1 is 1.03 bits per heavy atom. The van der Waals surface area contributed by atoms with Gasteiger partial charge in [0.2, 0.25) is 5.91 Å². The lowest BCUT2D eigenvalue weighted by molar-refractivity contribution is -0.121. The Morgan fingerprint density at radius 2 is 1.82 bits per heavy atom. The summed E-state index contributed by atoms with van der Waals surface area (Å²) in [5, 5.41) is 4.85. The number of rotatable bonds is 10. The number of aromatic nitrogens is 1. The molecule has 176 valence electrons. The van der Waals surface area contributed by atoms with Crippen LogP contribution in [0, 0.1) is 5.82 Å². The number of hydrogen-bond donors (Lipinski definition) is 1. The maximum Gasteiger partial charge on any atom is 0.220 e. The Hall–Kier alpha value is -3.11. The largest absolute Gasteiger partial charge is 0.356 e. The van der Waals surface area contributed by atoms with Crippen molar-refractivity contribution in [3.63, 3.8) is 0 Å². The highest BCUT2D eigenvalue weighted by Gasteiger charge is 2.23. The van der Waals surface area contributed by atoms with E-state index in [2.05, 4.69) is 35.1 Å². The lowest BCUT2D eigenvalue weighted by Crippen LogP contribution is -2.26. The minimum atomic E-state index is -0.243. The van der Waals surface area contributed by atoms with Crippen molar-refractivity contribution in [3.8, 4) is 0 Å². The van der Waals surface area contributed by atoms with E-state index in [1.54, 1.807) is 0 Å². The number of unbranched alkanes of at least 4 members (excludes halogenated alkanes) is 2. The molecule has 1 atom stereocenters. The van der Waals surface area contributed by atoms with Crippen LogP contribution < -0.4 is 5.32 Å². The summed E-state index contributed by atoms with van der Waals surface area (Å²) in [6.07, 6.45) is 5.69. The van der Waals surface area contributed by atoms with Crippen LogP contribution >= 0.6 is 11.6 Å². The van der Waals surface area contributed by atoms with Gasteiger partial charge in [-0.2, -0.15) is 0 Å². The first-order chi connectivity index (χ1) is 16.5. The fourth-order valence-electron chi connectivity index (χ4n) is 4.46. The van der Waals surface area contributed by atoms with Crippen LogP contribution in [0.15, 0.2) is 79.0 Å². The van der Waals surface area contributed by atoms with E-state index in [9.17, 15) is 9.18 Å². The molecule has 1 amide bonds. The molecule has 0 aliphatic carbocycles. The number of amides is 1. The maximum atomic E-state index is 13.4. The van der Waals surface area contributed by atoms with Crippen LogP contribution in [-0.4, -0.2) is 17.0 Å². The van der Waals surface area contributed by atoms with Crippen LogP contribution in [0.25, 0.3) is 10.9 Å². The first-order valence-electron chi connectivity index (χ1n) is 11.9. The minimum Gasteiger partial charge on any atom is -0.356 e. The minimum absolute atomic E-state index is 0.0384. The van der Waals surface area contributed by atoms with Crippen molar-refractivity contribution < 1.29 is 9.18 Å². The lowest BCUT2D eigenvalue weighted by Gasteiger charge is -2.18. The summed E-state index contributed by atoms with van der Waals surface area (Å²) in [5.41, 5.74) is 4.20. The van der Waals surface area contributed by atoms with E-state index in [0.717, 1.165) is 46.9 Å². The number of carbonyl (C=O) groups excluding carboxylic acids is 1. The van der Waals surface area contributed by atoms with E-state index in [1.165, 1.54) is 12.1 Å². The van der Waals surface area contributed by atoms with Crippen LogP contribution in [0.4, 0.5) is 4.39 Å². The van der Waals surface area contributed by atoms with E-state index in [4.69, 9.17) is 11.6 Å². The Bertz CT molecular complexity index is 1250. The number of fused-ring (bicyclic) bond motifs is 1. The molecule has 1 aromatic heterocycles. The molecule has 34 heavy (non-hydrogen) atoms. The second kappa shape index (κ2) is 11.3. The van der Waals surface area contributed by atoms with Gasteiger partial charge in [0.15, 0.2) is 0 Å². The summed E-state index contributed by atoms with van der Waals surface area (Å²) < 4.78 is 15.6. The Morgan fingerprint density at radius 3 is 2.59 bits per heavy atom. The van der Waals surface area contributed by atoms with E-state index >= 15 is 0 Å². The molecule has 1 unspecified atom stereocenters. The Balaban J connectivity index is 1.70. The molecule has 0 fully saturated rings. The highest BCUT2D eigenvalue weighted by atomic mass is 35.5. The predicted octanol–water partition coefficient (Wildman–Crippen LogP) is 7.31. The van der Waals surface area contributed by atoms with Gasteiger partial charge < -0.3 is 9.88 Å². The van der Waals surface area contributed by atoms with E-state index in [0.29, 0.717) is 24.5 Å². The number of halogens is 2. The number of nitrogens with one attached hydrogen (secondary N) is 1. The monoisotopic (exact) mass is 476 g/mol. The summed E-state index contributed by atoms with van der Waals surface area (Å²) in [5.74, 6) is -0.339. The second-order valence-electron chi connectivity index (χ2n) is 8.72.